The Hall–Kier alpha value is -4.19. The van der Waals surface area contributed by atoms with Crippen molar-refractivity contribution in [1.82, 2.24) is 19.6 Å². The maximum absolute atomic E-state index is 12.9. The van der Waals surface area contributed by atoms with Crippen LogP contribution in [0.4, 0.5) is 10.5 Å². The molecule has 3 aromatic carbocycles. The highest BCUT2D eigenvalue weighted by molar-refractivity contribution is 7.90. The van der Waals surface area contributed by atoms with Crippen LogP contribution in [0.25, 0.3) is 5.69 Å². The fourth-order valence-electron chi connectivity index (χ4n) is 3.81. The van der Waals surface area contributed by atoms with Gasteiger partial charge in [0.05, 0.1) is 16.6 Å². The SMILES string of the molecule is Cc1ccccc1S(=O)(=O)NC(=O)N[C@@H](Cc1ccccc1)c1nccn1-c1ccc(N([O-])O)cc1. The summed E-state index contributed by atoms with van der Waals surface area (Å²) in [6.07, 6.45) is 3.56. The van der Waals surface area contributed by atoms with E-state index >= 15 is 0 Å². The molecule has 0 aliphatic heterocycles. The third kappa shape index (κ3) is 5.71. The van der Waals surface area contributed by atoms with Gasteiger partial charge >= 0.3 is 6.03 Å². The molecule has 0 fully saturated rings. The number of rotatable bonds is 8. The minimum atomic E-state index is -4.10. The zero-order chi connectivity index (χ0) is 25.7. The van der Waals surface area contributed by atoms with Crippen molar-refractivity contribution in [1.29, 1.82) is 0 Å². The summed E-state index contributed by atoms with van der Waals surface area (Å²) < 4.78 is 29.4. The highest BCUT2D eigenvalue weighted by atomic mass is 32.2. The normalized spacial score (nSPS) is 12.1. The van der Waals surface area contributed by atoms with Crippen LogP contribution < -0.4 is 15.3 Å². The molecule has 0 saturated carbocycles. The predicted molar refractivity (Wildman–Crippen MR) is 134 cm³/mol. The quantitative estimate of drug-likeness (QED) is 0.308. The minimum absolute atomic E-state index is 0.0117. The predicted octanol–water partition coefficient (Wildman–Crippen LogP) is 3.85. The van der Waals surface area contributed by atoms with Gasteiger partial charge in [0.15, 0.2) is 0 Å². The van der Waals surface area contributed by atoms with Crippen LogP contribution in [0.5, 0.6) is 0 Å². The van der Waals surface area contributed by atoms with Gasteiger partial charge in [-0.2, -0.15) is 0 Å². The van der Waals surface area contributed by atoms with Crippen LogP contribution in [0.1, 0.15) is 23.0 Å². The van der Waals surface area contributed by atoms with Gasteiger partial charge in [0.2, 0.25) is 0 Å². The van der Waals surface area contributed by atoms with Gasteiger partial charge in [0.1, 0.15) is 5.82 Å². The topological polar surface area (TPSA) is 140 Å². The summed E-state index contributed by atoms with van der Waals surface area (Å²) in [6.45, 7) is 1.65. The van der Waals surface area contributed by atoms with E-state index in [-0.39, 0.29) is 15.8 Å². The Morgan fingerprint density at radius 3 is 2.39 bits per heavy atom. The van der Waals surface area contributed by atoms with Crippen LogP contribution in [0.15, 0.2) is 96.2 Å². The molecule has 186 valence electrons. The third-order valence-electron chi connectivity index (χ3n) is 5.53. The molecule has 1 aromatic heterocycles. The fraction of sp³-hybridized carbons (Fsp3) is 0.120. The van der Waals surface area contributed by atoms with Gasteiger partial charge in [0.25, 0.3) is 10.0 Å². The van der Waals surface area contributed by atoms with Crippen LogP contribution in [-0.4, -0.2) is 29.2 Å². The van der Waals surface area contributed by atoms with E-state index in [1.165, 1.54) is 18.2 Å². The van der Waals surface area contributed by atoms with Crippen LogP contribution in [0.3, 0.4) is 0 Å². The Kier molecular flexibility index (Phi) is 7.34. The van der Waals surface area contributed by atoms with E-state index in [4.69, 9.17) is 5.21 Å². The number of anilines is 1. The van der Waals surface area contributed by atoms with Crippen molar-refractivity contribution in [2.24, 2.45) is 0 Å². The lowest BCUT2D eigenvalue weighted by Crippen LogP contribution is -2.42. The molecular formula is C25H24N5O5S-. The molecule has 1 heterocycles. The summed E-state index contributed by atoms with van der Waals surface area (Å²) in [5, 5.41) is 22.7. The Bertz CT molecular complexity index is 1440. The van der Waals surface area contributed by atoms with E-state index in [0.29, 0.717) is 23.5 Å². The van der Waals surface area contributed by atoms with Crippen molar-refractivity contribution < 1.29 is 18.4 Å². The molecule has 0 aliphatic rings. The first kappa shape index (κ1) is 24.9. The summed E-state index contributed by atoms with van der Waals surface area (Å²) in [5.74, 6) is 0.443. The molecule has 1 atom stereocenters. The van der Waals surface area contributed by atoms with Gasteiger partial charge in [-0.15, -0.1) is 0 Å². The number of nitrogens with zero attached hydrogens (tertiary/aromatic N) is 3. The molecule has 0 bridgehead atoms. The molecule has 2 amide bonds. The second-order valence-corrected chi connectivity index (χ2v) is 9.68. The number of sulfonamides is 1. The zero-order valence-corrected chi connectivity index (χ0v) is 20.1. The highest BCUT2D eigenvalue weighted by Crippen LogP contribution is 2.23. The number of aryl methyl sites for hydroxylation is 1. The number of hydrogen-bond donors (Lipinski definition) is 3. The van der Waals surface area contributed by atoms with Gasteiger partial charge in [-0.25, -0.2) is 22.9 Å². The highest BCUT2D eigenvalue weighted by Gasteiger charge is 2.25. The average Bonchev–Trinajstić information content (AvgIpc) is 3.34. The number of carbonyl (C=O) groups excluding carboxylic acids is 1. The van der Waals surface area contributed by atoms with Crippen molar-refractivity contribution in [2.75, 3.05) is 5.23 Å². The number of benzene rings is 3. The summed E-state index contributed by atoms with van der Waals surface area (Å²) in [5.41, 5.74) is 2.09. The number of aromatic nitrogens is 2. The lowest BCUT2D eigenvalue weighted by Gasteiger charge is -2.23. The first-order valence-corrected chi connectivity index (χ1v) is 12.5. The van der Waals surface area contributed by atoms with Crippen molar-refractivity contribution in [2.45, 2.75) is 24.3 Å². The van der Waals surface area contributed by atoms with Gasteiger partial charge in [-0.3, -0.25) is 5.21 Å². The van der Waals surface area contributed by atoms with Crippen molar-refractivity contribution >= 4 is 21.7 Å². The molecule has 0 saturated heterocycles. The van der Waals surface area contributed by atoms with E-state index in [1.807, 2.05) is 30.3 Å². The number of hydrogen-bond acceptors (Lipinski definition) is 7. The second kappa shape index (κ2) is 10.6. The van der Waals surface area contributed by atoms with Crippen LogP contribution in [-0.2, 0) is 16.4 Å². The average molecular weight is 507 g/mol. The van der Waals surface area contributed by atoms with Crippen LogP contribution >= 0.6 is 0 Å². The summed E-state index contributed by atoms with van der Waals surface area (Å²) >= 11 is 0. The van der Waals surface area contributed by atoms with Gasteiger partial charge in [-0.1, -0.05) is 48.5 Å². The molecule has 10 nitrogen and oxygen atoms in total. The Balaban J connectivity index is 1.63. The standard InChI is InChI=1S/C25H24N5O5S/c1-18-7-5-6-10-23(18)36(34,35)28-25(31)27-22(17-19-8-3-2-4-9-19)24-26-15-16-29(24)20-11-13-21(14-12-20)30(32)33/h2-16,22,32H,17H2,1H3,(H2,27,28,31)/q-1/t22-/m0/s1. The lowest BCUT2D eigenvalue weighted by molar-refractivity contribution is 0.241. The van der Waals surface area contributed by atoms with Crippen LogP contribution in [0, 0.1) is 12.1 Å². The second-order valence-electron chi connectivity index (χ2n) is 8.03. The molecule has 3 N–H and O–H groups in total. The molecule has 4 rings (SSSR count). The minimum Gasteiger partial charge on any atom is -0.733 e. The number of amides is 2. The number of urea groups is 1. The van der Waals surface area contributed by atoms with E-state index in [0.717, 1.165) is 5.56 Å². The first-order chi connectivity index (χ1) is 17.2. The lowest BCUT2D eigenvalue weighted by atomic mass is 10.1. The fourth-order valence-corrected chi connectivity index (χ4v) is 4.97. The van der Waals surface area contributed by atoms with E-state index in [9.17, 15) is 18.4 Å². The van der Waals surface area contributed by atoms with Crippen molar-refractivity contribution in [3.05, 3.63) is 113 Å². The summed E-state index contributed by atoms with van der Waals surface area (Å²) in [6, 6.07) is 20.3. The summed E-state index contributed by atoms with van der Waals surface area (Å²) in [7, 11) is -4.10. The van der Waals surface area contributed by atoms with E-state index in [2.05, 4.69) is 15.0 Å². The molecule has 0 radical (unpaired) electrons. The molecule has 11 heteroatoms. The molecule has 0 aliphatic carbocycles. The first-order valence-electron chi connectivity index (χ1n) is 11.0. The van der Waals surface area contributed by atoms with E-state index in [1.54, 1.807) is 54.2 Å². The number of nitrogens with one attached hydrogen (secondary N) is 2. The smallest absolute Gasteiger partial charge is 0.329 e. The van der Waals surface area contributed by atoms with Gasteiger partial charge in [-0.05, 0) is 54.8 Å². The van der Waals surface area contributed by atoms with Crippen molar-refractivity contribution in [3.63, 3.8) is 0 Å². The Morgan fingerprint density at radius 2 is 1.72 bits per heavy atom. The molecule has 4 aromatic rings. The Morgan fingerprint density at radius 1 is 1.06 bits per heavy atom. The molecule has 36 heavy (non-hydrogen) atoms. The number of carbonyl (C=O) groups is 1. The third-order valence-corrected chi connectivity index (χ3v) is 7.02. The number of imidazole rings is 1. The monoisotopic (exact) mass is 506 g/mol. The van der Waals surface area contributed by atoms with Gasteiger partial charge in [0, 0.05) is 18.1 Å². The van der Waals surface area contributed by atoms with E-state index < -0.39 is 22.1 Å². The maximum Gasteiger partial charge on any atom is 0.329 e. The molecule has 0 unspecified atom stereocenters. The zero-order valence-electron chi connectivity index (χ0n) is 19.3. The van der Waals surface area contributed by atoms with Crippen molar-refractivity contribution in [3.8, 4) is 5.69 Å². The van der Waals surface area contributed by atoms with Gasteiger partial charge < -0.3 is 20.3 Å². The maximum atomic E-state index is 12.9. The molecule has 0 spiro atoms. The summed E-state index contributed by atoms with van der Waals surface area (Å²) in [4.78, 5) is 17.3. The largest absolute Gasteiger partial charge is 0.733 e. The Labute approximate surface area is 208 Å². The molecular weight excluding hydrogens is 482 g/mol. The van der Waals surface area contributed by atoms with Crippen LogP contribution in [0.2, 0.25) is 0 Å².